The smallest absolute Gasteiger partial charge is 0.328 e. The highest BCUT2D eigenvalue weighted by atomic mass is 35.5. The molecule has 1 aliphatic rings. The molecule has 1 aliphatic carbocycles. The number of aryl methyl sites for hydroxylation is 2. The Morgan fingerprint density at radius 3 is 2.74 bits per heavy atom. The molecule has 106 valence electrons. The number of carbonyl (C=O) groups excluding carboxylic acids is 1. The number of fused-ring (bicyclic) bond motifs is 1. The van der Waals surface area contributed by atoms with Gasteiger partial charge in [-0.05, 0) is 30.9 Å². The van der Waals surface area contributed by atoms with Crippen molar-refractivity contribution in [3.63, 3.8) is 0 Å². The maximum absolute atomic E-state index is 12.4. The largest absolute Gasteiger partial charge is 0.406 e. The van der Waals surface area contributed by atoms with Crippen molar-refractivity contribution < 1.29 is 18.0 Å². The number of carbonyl (C=O) groups is 1. The normalized spacial score (nSPS) is 14.5. The molecule has 0 aliphatic heterocycles. The molecule has 0 saturated carbocycles. The second-order valence-corrected chi connectivity index (χ2v) is 5.96. The lowest BCUT2D eigenvalue weighted by molar-refractivity contribution is -0.140. The van der Waals surface area contributed by atoms with Crippen molar-refractivity contribution in [3.8, 4) is 0 Å². The fourth-order valence-corrected chi connectivity index (χ4v) is 3.59. The van der Waals surface area contributed by atoms with Crippen LogP contribution in [0.1, 0.15) is 26.5 Å². The van der Waals surface area contributed by atoms with Crippen LogP contribution in [0.2, 0.25) is 0 Å². The van der Waals surface area contributed by atoms with Crippen molar-refractivity contribution in [1.82, 2.24) is 4.90 Å². The monoisotopic (exact) mass is 311 g/mol. The molecule has 1 aromatic heterocycles. The first-order valence-electron chi connectivity index (χ1n) is 5.94. The van der Waals surface area contributed by atoms with Crippen molar-refractivity contribution in [2.45, 2.75) is 25.4 Å². The summed E-state index contributed by atoms with van der Waals surface area (Å²) in [6.45, 7) is -1.34. The molecule has 0 bridgehead atoms. The Hall–Kier alpha value is -0.750. The third-order valence-electron chi connectivity index (χ3n) is 2.97. The molecule has 0 saturated heterocycles. The fourth-order valence-electron chi connectivity index (χ4n) is 2.16. The number of thiophene rings is 1. The van der Waals surface area contributed by atoms with E-state index in [0.717, 1.165) is 34.6 Å². The second kappa shape index (κ2) is 5.71. The molecule has 7 heteroatoms. The lowest BCUT2D eigenvalue weighted by Crippen LogP contribution is -2.39. The zero-order valence-corrected chi connectivity index (χ0v) is 11.7. The summed E-state index contributed by atoms with van der Waals surface area (Å²) in [4.78, 5) is 14.4. The van der Waals surface area contributed by atoms with Crippen LogP contribution in [0.3, 0.4) is 0 Å². The van der Waals surface area contributed by atoms with Gasteiger partial charge in [-0.25, -0.2) is 0 Å². The Morgan fingerprint density at radius 1 is 1.42 bits per heavy atom. The highest BCUT2D eigenvalue weighted by Crippen LogP contribution is 2.31. The van der Waals surface area contributed by atoms with Crippen LogP contribution in [0.15, 0.2) is 6.07 Å². The van der Waals surface area contributed by atoms with Gasteiger partial charge in [0.25, 0.3) is 5.91 Å². The van der Waals surface area contributed by atoms with Gasteiger partial charge in [0.2, 0.25) is 0 Å². The molecular weight excluding hydrogens is 299 g/mol. The van der Waals surface area contributed by atoms with Crippen LogP contribution in [0.25, 0.3) is 0 Å². The molecule has 0 N–H and O–H groups in total. The van der Waals surface area contributed by atoms with Crippen molar-refractivity contribution in [2.75, 3.05) is 19.0 Å². The zero-order valence-electron chi connectivity index (χ0n) is 10.1. The van der Waals surface area contributed by atoms with Gasteiger partial charge in [0.15, 0.2) is 0 Å². The SMILES string of the molecule is O=C(c1cc2c(s1)CCC2)N(CCCl)CC(F)(F)F. The minimum absolute atomic E-state index is 0.00703. The van der Waals surface area contributed by atoms with Gasteiger partial charge in [0, 0.05) is 17.3 Å². The maximum atomic E-state index is 12.4. The van der Waals surface area contributed by atoms with Gasteiger partial charge in [-0.15, -0.1) is 22.9 Å². The van der Waals surface area contributed by atoms with E-state index in [1.165, 1.54) is 11.3 Å². The molecule has 0 spiro atoms. The second-order valence-electron chi connectivity index (χ2n) is 4.44. The van der Waals surface area contributed by atoms with Crippen LogP contribution >= 0.6 is 22.9 Å². The predicted molar refractivity (Wildman–Crippen MR) is 69.0 cm³/mol. The van der Waals surface area contributed by atoms with Crippen molar-refractivity contribution in [3.05, 3.63) is 21.4 Å². The molecular formula is C12H13ClF3NOS. The summed E-state index contributed by atoms with van der Waals surface area (Å²) in [6.07, 6.45) is -1.51. The zero-order chi connectivity index (χ0) is 14.0. The molecule has 1 aromatic rings. The summed E-state index contributed by atoms with van der Waals surface area (Å²) in [7, 11) is 0. The molecule has 2 rings (SSSR count). The summed E-state index contributed by atoms with van der Waals surface area (Å²) >= 11 is 6.78. The third-order valence-corrected chi connectivity index (χ3v) is 4.36. The highest BCUT2D eigenvalue weighted by Gasteiger charge is 2.34. The van der Waals surface area contributed by atoms with Crippen molar-refractivity contribution >= 4 is 28.8 Å². The fraction of sp³-hybridized carbons (Fsp3) is 0.583. The Bertz CT molecular complexity index is 451. The van der Waals surface area contributed by atoms with Crippen LogP contribution < -0.4 is 0 Å². The van der Waals surface area contributed by atoms with Crippen LogP contribution in [-0.2, 0) is 12.8 Å². The van der Waals surface area contributed by atoms with E-state index >= 15 is 0 Å². The van der Waals surface area contributed by atoms with E-state index in [1.807, 2.05) is 0 Å². The average molecular weight is 312 g/mol. The Morgan fingerprint density at radius 2 is 2.16 bits per heavy atom. The van der Waals surface area contributed by atoms with Crippen LogP contribution in [-0.4, -0.2) is 36.0 Å². The Balaban J connectivity index is 2.13. The number of halogens is 4. The molecule has 0 atom stereocenters. The minimum atomic E-state index is -4.40. The summed E-state index contributed by atoms with van der Waals surface area (Å²) in [5.74, 6) is -0.579. The molecule has 1 heterocycles. The number of amides is 1. The summed E-state index contributed by atoms with van der Waals surface area (Å²) in [5.41, 5.74) is 1.10. The number of nitrogens with zero attached hydrogens (tertiary/aromatic N) is 1. The van der Waals surface area contributed by atoms with E-state index in [1.54, 1.807) is 6.07 Å². The predicted octanol–water partition coefficient (Wildman–Crippen LogP) is 3.48. The summed E-state index contributed by atoms with van der Waals surface area (Å²) in [6, 6.07) is 1.73. The topological polar surface area (TPSA) is 20.3 Å². The van der Waals surface area contributed by atoms with E-state index < -0.39 is 18.6 Å². The number of rotatable bonds is 4. The number of hydrogen-bond donors (Lipinski definition) is 0. The van der Waals surface area contributed by atoms with E-state index in [-0.39, 0.29) is 12.4 Å². The highest BCUT2D eigenvalue weighted by molar-refractivity contribution is 7.14. The molecule has 0 aromatic carbocycles. The van der Waals surface area contributed by atoms with E-state index in [9.17, 15) is 18.0 Å². The summed E-state index contributed by atoms with van der Waals surface area (Å²) in [5, 5.41) is 0. The number of hydrogen-bond acceptors (Lipinski definition) is 2. The van der Waals surface area contributed by atoms with Gasteiger partial charge in [0.05, 0.1) is 4.88 Å². The molecule has 0 unspecified atom stereocenters. The van der Waals surface area contributed by atoms with Crippen molar-refractivity contribution in [1.29, 1.82) is 0 Å². The van der Waals surface area contributed by atoms with Gasteiger partial charge < -0.3 is 4.90 Å². The molecule has 2 nitrogen and oxygen atoms in total. The first-order chi connectivity index (χ1) is 8.90. The number of alkyl halides is 4. The Kier molecular flexibility index (Phi) is 4.40. The first-order valence-corrected chi connectivity index (χ1v) is 7.29. The average Bonchev–Trinajstić information content (AvgIpc) is 2.85. The van der Waals surface area contributed by atoms with E-state index in [2.05, 4.69) is 0 Å². The van der Waals surface area contributed by atoms with Gasteiger partial charge in [0.1, 0.15) is 6.54 Å². The summed E-state index contributed by atoms with van der Waals surface area (Å²) < 4.78 is 37.3. The van der Waals surface area contributed by atoms with Gasteiger partial charge in [-0.3, -0.25) is 4.79 Å². The van der Waals surface area contributed by atoms with Crippen LogP contribution in [0.4, 0.5) is 13.2 Å². The Labute approximate surface area is 118 Å². The lowest BCUT2D eigenvalue weighted by atomic mass is 10.2. The first kappa shape index (κ1) is 14.7. The molecule has 0 fully saturated rings. The van der Waals surface area contributed by atoms with E-state index in [4.69, 9.17) is 11.6 Å². The third kappa shape index (κ3) is 3.63. The molecule has 0 radical (unpaired) electrons. The quantitative estimate of drug-likeness (QED) is 0.780. The lowest BCUT2D eigenvalue weighted by Gasteiger charge is -2.22. The minimum Gasteiger partial charge on any atom is -0.328 e. The van der Waals surface area contributed by atoms with Gasteiger partial charge >= 0.3 is 6.18 Å². The maximum Gasteiger partial charge on any atom is 0.406 e. The van der Waals surface area contributed by atoms with Gasteiger partial charge in [-0.2, -0.15) is 13.2 Å². The standard InChI is InChI=1S/C12H13ClF3NOS/c13-4-5-17(7-12(14,15)16)11(18)10-6-8-2-1-3-9(8)19-10/h6H,1-5,7H2. The van der Waals surface area contributed by atoms with Crippen LogP contribution in [0.5, 0.6) is 0 Å². The van der Waals surface area contributed by atoms with Gasteiger partial charge in [-0.1, -0.05) is 0 Å². The van der Waals surface area contributed by atoms with E-state index in [0.29, 0.717) is 4.88 Å². The molecule has 1 amide bonds. The van der Waals surface area contributed by atoms with Crippen molar-refractivity contribution in [2.24, 2.45) is 0 Å². The van der Waals surface area contributed by atoms with Crippen LogP contribution in [0, 0.1) is 0 Å². The molecule has 19 heavy (non-hydrogen) atoms.